The highest BCUT2D eigenvalue weighted by atomic mass is 35.5. The molecule has 162 valence electrons. The number of urea groups is 1. The molecule has 0 radical (unpaired) electrons. The van der Waals surface area contributed by atoms with Gasteiger partial charge in [0, 0.05) is 30.2 Å². The number of nitrogens with one attached hydrogen (secondary N) is 3. The highest BCUT2D eigenvalue weighted by Gasteiger charge is 2.15. The third-order valence-electron chi connectivity index (χ3n) is 4.68. The van der Waals surface area contributed by atoms with Crippen molar-refractivity contribution in [3.63, 3.8) is 0 Å². The van der Waals surface area contributed by atoms with Gasteiger partial charge in [0.15, 0.2) is 5.13 Å². The summed E-state index contributed by atoms with van der Waals surface area (Å²) in [6.07, 6.45) is 3.15. The van der Waals surface area contributed by atoms with Crippen molar-refractivity contribution in [1.29, 1.82) is 0 Å². The van der Waals surface area contributed by atoms with Crippen LogP contribution < -0.4 is 16.0 Å². The van der Waals surface area contributed by atoms with Crippen LogP contribution in [0, 0.1) is 0 Å². The van der Waals surface area contributed by atoms with Crippen LogP contribution in [-0.4, -0.2) is 29.9 Å². The smallest absolute Gasteiger partial charge is 0.315 e. The van der Waals surface area contributed by atoms with Gasteiger partial charge in [0.25, 0.3) is 0 Å². The molecule has 8 heteroatoms. The molecular formula is C23H25ClN4O2S. The number of thiazole rings is 1. The van der Waals surface area contributed by atoms with Crippen LogP contribution in [0.25, 0.3) is 0 Å². The number of ketones is 1. The molecule has 6 nitrogen and oxygen atoms in total. The summed E-state index contributed by atoms with van der Waals surface area (Å²) in [4.78, 5) is 29.6. The second kappa shape index (κ2) is 11.5. The zero-order chi connectivity index (χ0) is 22.1. The maximum atomic E-state index is 12.8. The molecule has 0 aliphatic rings. The highest BCUT2D eigenvalue weighted by Crippen LogP contribution is 2.23. The zero-order valence-electron chi connectivity index (χ0n) is 17.3. The average Bonchev–Trinajstić information content (AvgIpc) is 3.26. The molecule has 1 heterocycles. The number of carbonyl (C=O) groups is 2. The van der Waals surface area contributed by atoms with E-state index in [9.17, 15) is 9.59 Å². The summed E-state index contributed by atoms with van der Waals surface area (Å²) >= 11 is 7.42. The Balaban J connectivity index is 1.38. The molecule has 0 atom stereocenters. The van der Waals surface area contributed by atoms with Gasteiger partial charge in [0.05, 0.1) is 11.1 Å². The van der Waals surface area contributed by atoms with Gasteiger partial charge >= 0.3 is 6.03 Å². The molecule has 0 aliphatic heterocycles. The molecule has 0 spiro atoms. The predicted molar refractivity (Wildman–Crippen MR) is 126 cm³/mol. The van der Waals surface area contributed by atoms with E-state index in [2.05, 4.69) is 20.9 Å². The maximum absolute atomic E-state index is 12.8. The van der Waals surface area contributed by atoms with Crippen molar-refractivity contribution in [2.45, 2.75) is 26.3 Å². The lowest BCUT2D eigenvalue weighted by atomic mass is 10.0. The van der Waals surface area contributed by atoms with E-state index in [0.29, 0.717) is 34.7 Å². The SMILES string of the molecule is CCc1ccccc1C(=O)c1cnc(NCCCNC(=O)NCc2ccccc2Cl)s1. The number of nitrogens with zero attached hydrogens (tertiary/aromatic N) is 1. The molecule has 0 bridgehead atoms. The van der Waals surface area contributed by atoms with Crippen molar-refractivity contribution < 1.29 is 9.59 Å². The Hall–Kier alpha value is -2.90. The molecule has 0 aliphatic carbocycles. The summed E-state index contributed by atoms with van der Waals surface area (Å²) in [6, 6.07) is 14.8. The van der Waals surface area contributed by atoms with Crippen LogP contribution in [0.2, 0.25) is 5.02 Å². The number of rotatable bonds is 10. The predicted octanol–water partition coefficient (Wildman–Crippen LogP) is 4.89. The minimum absolute atomic E-state index is 0.000132. The van der Waals surface area contributed by atoms with Crippen molar-refractivity contribution in [3.05, 3.63) is 81.3 Å². The highest BCUT2D eigenvalue weighted by molar-refractivity contribution is 7.17. The van der Waals surface area contributed by atoms with Crippen LogP contribution in [0.1, 0.15) is 39.7 Å². The third-order valence-corrected chi connectivity index (χ3v) is 6.01. The van der Waals surface area contributed by atoms with E-state index < -0.39 is 0 Å². The van der Waals surface area contributed by atoms with Crippen molar-refractivity contribution in [2.24, 2.45) is 0 Å². The lowest BCUT2D eigenvalue weighted by molar-refractivity contribution is 0.104. The average molecular weight is 457 g/mol. The molecule has 0 saturated heterocycles. The van der Waals surface area contributed by atoms with Crippen LogP contribution in [0.4, 0.5) is 9.93 Å². The van der Waals surface area contributed by atoms with E-state index in [4.69, 9.17) is 11.6 Å². The van der Waals surface area contributed by atoms with Gasteiger partial charge in [-0.05, 0) is 30.0 Å². The van der Waals surface area contributed by atoms with Gasteiger partial charge in [-0.1, -0.05) is 72.3 Å². The van der Waals surface area contributed by atoms with Gasteiger partial charge in [-0.15, -0.1) is 0 Å². The summed E-state index contributed by atoms with van der Waals surface area (Å²) in [5.41, 5.74) is 2.64. The molecule has 3 rings (SSSR count). The van der Waals surface area contributed by atoms with Crippen molar-refractivity contribution in [2.75, 3.05) is 18.4 Å². The lowest BCUT2D eigenvalue weighted by Gasteiger charge is -2.09. The number of hydrogen-bond donors (Lipinski definition) is 3. The van der Waals surface area contributed by atoms with Gasteiger partial charge in [0.2, 0.25) is 5.78 Å². The van der Waals surface area contributed by atoms with Gasteiger partial charge in [-0.3, -0.25) is 4.79 Å². The van der Waals surface area contributed by atoms with E-state index in [1.165, 1.54) is 11.3 Å². The Morgan fingerprint density at radius 3 is 2.52 bits per heavy atom. The molecule has 0 unspecified atom stereocenters. The fraction of sp³-hybridized carbons (Fsp3) is 0.261. The molecule has 3 aromatic rings. The number of hydrogen-bond acceptors (Lipinski definition) is 5. The van der Waals surface area contributed by atoms with Gasteiger partial charge in [0.1, 0.15) is 0 Å². The molecular weight excluding hydrogens is 432 g/mol. The van der Waals surface area contributed by atoms with Crippen molar-refractivity contribution >= 4 is 39.9 Å². The first-order chi connectivity index (χ1) is 15.1. The summed E-state index contributed by atoms with van der Waals surface area (Å²) in [7, 11) is 0. The molecule has 2 aromatic carbocycles. The molecule has 2 amide bonds. The number of halogens is 1. The molecule has 3 N–H and O–H groups in total. The molecule has 0 fully saturated rings. The van der Waals surface area contributed by atoms with Crippen molar-refractivity contribution in [3.8, 4) is 0 Å². The Morgan fingerprint density at radius 1 is 1.00 bits per heavy atom. The van der Waals surface area contributed by atoms with Gasteiger partial charge in [-0.25, -0.2) is 9.78 Å². The second-order valence-electron chi connectivity index (χ2n) is 6.85. The third kappa shape index (κ3) is 6.54. The molecule has 1 aromatic heterocycles. The van der Waals surface area contributed by atoms with E-state index in [1.54, 1.807) is 12.3 Å². The quantitative estimate of drug-likeness (QED) is 0.299. The maximum Gasteiger partial charge on any atom is 0.315 e. The van der Waals surface area contributed by atoms with E-state index in [-0.39, 0.29) is 11.8 Å². The van der Waals surface area contributed by atoms with Crippen molar-refractivity contribution in [1.82, 2.24) is 15.6 Å². The number of aromatic nitrogens is 1. The second-order valence-corrected chi connectivity index (χ2v) is 8.29. The fourth-order valence-corrected chi connectivity index (χ4v) is 4.01. The van der Waals surface area contributed by atoms with E-state index in [0.717, 1.165) is 29.5 Å². The van der Waals surface area contributed by atoms with Gasteiger partial charge < -0.3 is 16.0 Å². The number of anilines is 1. The Bertz CT molecular complexity index is 1040. The first kappa shape index (κ1) is 22.8. The normalized spacial score (nSPS) is 10.5. The van der Waals surface area contributed by atoms with Crippen LogP contribution in [0.5, 0.6) is 0 Å². The first-order valence-electron chi connectivity index (χ1n) is 10.2. The largest absolute Gasteiger partial charge is 0.361 e. The van der Waals surface area contributed by atoms with Gasteiger partial charge in [-0.2, -0.15) is 0 Å². The number of amides is 2. The monoisotopic (exact) mass is 456 g/mol. The number of aryl methyl sites for hydroxylation is 1. The lowest BCUT2D eigenvalue weighted by Crippen LogP contribution is -2.36. The fourth-order valence-electron chi connectivity index (χ4n) is 3.01. The summed E-state index contributed by atoms with van der Waals surface area (Å²) < 4.78 is 0. The minimum atomic E-state index is -0.239. The Kier molecular flexibility index (Phi) is 8.44. The van der Waals surface area contributed by atoms with Crippen LogP contribution >= 0.6 is 22.9 Å². The van der Waals surface area contributed by atoms with E-state index in [1.807, 2.05) is 49.4 Å². The standard InChI is InChI=1S/C23H25ClN4O2S/c1-2-16-8-3-5-10-18(16)21(29)20-15-28-23(31-20)26-13-7-12-25-22(30)27-14-17-9-4-6-11-19(17)24/h3-6,8-11,15H,2,7,12-14H2,1H3,(H,26,28)(H2,25,27,30). The molecule has 31 heavy (non-hydrogen) atoms. The Labute approximate surface area is 191 Å². The minimum Gasteiger partial charge on any atom is -0.361 e. The topological polar surface area (TPSA) is 83.1 Å². The van der Waals surface area contributed by atoms with Crippen LogP contribution in [0.15, 0.2) is 54.7 Å². The first-order valence-corrected chi connectivity index (χ1v) is 11.3. The summed E-state index contributed by atoms with van der Waals surface area (Å²) in [5.74, 6) is -0.000132. The van der Waals surface area contributed by atoms with Crippen LogP contribution in [0.3, 0.4) is 0 Å². The number of benzene rings is 2. The van der Waals surface area contributed by atoms with Crippen LogP contribution in [-0.2, 0) is 13.0 Å². The van der Waals surface area contributed by atoms with E-state index >= 15 is 0 Å². The zero-order valence-corrected chi connectivity index (χ0v) is 18.9. The summed E-state index contributed by atoms with van der Waals surface area (Å²) in [6.45, 7) is 3.57. The summed E-state index contributed by atoms with van der Waals surface area (Å²) in [5, 5.41) is 10.1. The number of carbonyl (C=O) groups excluding carboxylic acids is 2. The Morgan fingerprint density at radius 2 is 1.74 bits per heavy atom. The molecule has 0 saturated carbocycles.